The van der Waals surface area contributed by atoms with Gasteiger partial charge in [-0.2, -0.15) is 0 Å². The van der Waals surface area contributed by atoms with Gasteiger partial charge >= 0.3 is 0 Å². The van der Waals surface area contributed by atoms with Gasteiger partial charge in [-0.15, -0.1) is 0 Å². The largest absolute Gasteiger partial charge is 0.261 e. The highest BCUT2D eigenvalue weighted by atomic mass is 14.5. The van der Waals surface area contributed by atoms with Crippen molar-refractivity contribution < 1.29 is 5.41 Å². The maximum atomic E-state index is 5.14. The maximum absolute atomic E-state index is 5.14. The van der Waals surface area contributed by atoms with Crippen LogP contribution in [-0.2, 0) is 0 Å². The minimum Gasteiger partial charge on any atom is -0.261 e. The summed E-state index contributed by atoms with van der Waals surface area (Å²) in [6.07, 6.45) is 2.36. The smallest absolute Gasteiger partial charge is 0.150 e. The van der Waals surface area contributed by atoms with Crippen LogP contribution in [0, 0.1) is 0 Å². The van der Waals surface area contributed by atoms with Crippen LogP contribution < -0.4 is 5.41 Å². The molecule has 0 radical (unpaired) electrons. The van der Waals surface area contributed by atoms with E-state index in [-0.39, 0.29) is 0 Å². The summed E-state index contributed by atoms with van der Waals surface area (Å²) in [4.78, 5) is 0. The molecule has 0 amide bonds. The molecule has 1 aliphatic carbocycles. The molecule has 1 saturated carbocycles. The Balaban J connectivity index is 2.60. The SMILES string of the molecule is [NH2+]=C1CC1. The van der Waals surface area contributed by atoms with Crippen LogP contribution in [0.2, 0.25) is 0 Å². The fraction of sp³-hybridized carbons (Fsp3) is 0.667. The zero-order valence-corrected chi connectivity index (χ0v) is 2.49. The lowest BCUT2D eigenvalue weighted by molar-refractivity contribution is -0.109. The van der Waals surface area contributed by atoms with Gasteiger partial charge in [-0.3, -0.25) is 5.41 Å². The normalized spacial score (nSPS) is 21.5. The van der Waals surface area contributed by atoms with Crippen molar-refractivity contribution in [2.24, 2.45) is 0 Å². The Labute approximate surface area is 25.1 Å². The van der Waals surface area contributed by atoms with Crippen molar-refractivity contribution in [3.63, 3.8) is 0 Å². The van der Waals surface area contributed by atoms with E-state index in [1.807, 2.05) is 0 Å². The van der Waals surface area contributed by atoms with Crippen molar-refractivity contribution in [2.45, 2.75) is 12.8 Å². The molecule has 0 spiro atoms. The van der Waals surface area contributed by atoms with E-state index >= 15 is 0 Å². The summed E-state index contributed by atoms with van der Waals surface area (Å²) in [5, 5.41) is 5.14. The van der Waals surface area contributed by atoms with Crippen LogP contribution in [0.5, 0.6) is 0 Å². The molecule has 0 bridgehead atoms. The molecule has 1 heteroatoms. The molecular weight excluding hydrogens is 50.0 g/mol. The van der Waals surface area contributed by atoms with E-state index in [9.17, 15) is 0 Å². The van der Waals surface area contributed by atoms with Crippen molar-refractivity contribution in [3.05, 3.63) is 0 Å². The number of rotatable bonds is 0. The molecule has 0 aromatic carbocycles. The molecular formula is C3H6N+. The molecule has 2 N–H and O–H groups in total. The Morgan fingerprint density at radius 2 is 1.75 bits per heavy atom. The molecule has 0 saturated heterocycles. The van der Waals surface area contributed by atoms with E-state index in [4.69, 9.17) is 5.41 Å². The highest BCUT2D eigenvalue weighted by molar-refractivity contribution is 5.92. The fourth-order valence-electron chi connectivity index (χ4n) is 0.0722. The lowest BCUT2D eigenvalue weighted by Crippen LogP contribution is -2.30. The molecule has 1 aliphatic rings. The average molecular weight is 56.1 g/mol. The number of hydrogen-bond donors (Lipinski definition) is 1. The van der Waals surface area contributed by atoms with E-state index in [0.717, 1.165) is 0 Å². The van der Waals surface area contributed by atoms with Gasteiger partial charge < -0.3 is 0 Å². The standard InChI is InChI=1S/C3H5N/c4-3-1-2-3/h4H,1-2H2/p+1. The van der Waals surface area contributed by atoms with Gasteiger partial charge in [-0.1, -0.05) is 0 Å². The van der Waals surface area contributed by atoms with Crippen molar-refractivity contribution >= 4 is 5.71 Å². The lowest BCUT2D eigenvalue weighted by Gasteiger charge is -1.24. The predicted molar refractivity (Wildman–Crippen MR) is 16.2 cm³/mol. The van der Waals surface area contributed by atoms with Gasteiger partial charge in [-0.05, 0) is 0 Å². The molecule has 0 atom stereocenters. The first kappa shape index (κ1) is 1.94. The van der Waals surface area contributed by atoms with Gasteiger partial charge in [0.2, 0.25) is 0 Å². The van der Waals surface area contributed by atoms with Crippen LogP contribution in [0.1, 0.15) is 12.8 Å². The minimum absolute atomic E-state index is 1.17. The molecule has 1 nitrogen and oxygen atoms in total. The Morgan fingerprint density at radius 1 is 1.50 bits per heavy atom. The predicted octanol–water partition coefficient (Wildman–Crippen LogP) is -1.02. The van der Waals surface area contributed by atoms with Gasteiger partial charge in [0, 0.05) is 12.8 Å². The number of nitrogens with two attached hydrogens (primary N) is 1. The molecule has 0 unspecified atom stereocenters. The van der Waals surface area contributed by atoms with Crippen LogP contribution in [0.4, 0.5) is 0 Å². The third-order valence-electron chi connectivity index (χ3n) is 0.539. The Kier molecular flexibility index (Phi) is 0.166. The molecule has 22 valence electrons. The summed E-state index contributed by atoms with van der Waals surface area (Å²) in [5.74, 6) is 0. The third-order valence-corrected chi connectivity index (χ3v) is 0.539. The molecule has 0 aliphatic heterocycles. The first-order valence-corrected chi connectivity index (χ1v) is 1.50. The Morgan fingerprint density at radius 3 is 1.75 bits per heavy atom. The first-order chi connectivity index (χ1) is 1.89. The van der Waals surface area contributed by atoms with Crippen LogP contribution in [-0.4, -0.2) is 5.71 Å². The minimum atomic E-state index is 1.17. The van der Waals surface area contributed by atoms with Crippen molar-refractivity contribution in [1.82, 2.24) is 0 Å². The van der Waals surface area contributed by atoms with Crippen LogP contribution in [0.25, 0.3) is 0 Å². The second-order valence-electron chi connectivity index (χ2n) is 1.16. The highest BCUT2D eigenvalue weighted by Gasteiger charge is 2.15. The van der Waals surface area contributed by atoms with Gasteiger partial charge in [0.25, 0.3) is 0 Å². The molecule has 0 aromatic rings. The average Bonchev–Trinajstić information content (AvgIpc) is 1.75. The summed E-state index contributed by atoms with van der Waals surface area (Å²) >= 11 is 0. The van der Waals surface area contributed by atoms with Gasteiger partial charge in [0.15, 0.2) is 0 Å². The highest BCUT2D eigenvalue weighted by Crippen LogP contribution is 2.05. The van der Waals surface area contributed by atoms with E-state index in [1.165, 1.54) is 18.6 Å². The van der Waals surface area contributed by atoms with Crippen molar-refractivity contribution in [1.29, 1.82) is 0 Å². The summed E-state index contributed by atoms with van der Waals surface area (Å²) < 4.78 is 0. The monoisotopic (exact) mass is 56.0 g/mol. The summed E-state index contributed by atoms with van der Waals surface area (Å²) in [6, 6.07) is 0. The molecule has 0 aromatic heterocycles. The van der Waals surface area contributed by atoms with Gasteiger partial charge in [-0.25, -0.2) is 0 Å². The Bertz CT molecular complexity index is 41.2. The zero-order valence-electron chi connectivity index (χ0n) is 2.49. The topological polar surface area (TPSA) is 25.6 Å². The first-order valence-electron chi connectivity index (χ1n) is 1.50. The quantitative estimate of drug-likeness (QED) is 0.367. The van der Waals surface area contributed by atoms with Gasteiger partial charge in [0.05, 0.1) is 0 Å². The summed E-state index contributed by atoms with van der Waals surface area (Å²) in [6.45, 7) is 0. The van der Waals surface area contributed by atoms with E-state index in [2.05, 4.69) is 0 Å². The van der Waals surface area contributed by atoms with Gasteiger partial charge in [0.1, 0.15) is 5.71 Å². The molecule has 4 heavy (non-hydrogen) atoms. The van der Waals surface area contributed by atoms with Crippen molar-refractivity contribution in [2.75, 3.05) is 0 Å². The van der Waals surface area contributed by atoms with Crippen molar-refractivity contribution in [3.8, 4) is 0 Å². The zero-order chi connectivity index (χ0) is 2.99. The summed E-state index contributed by atoms with van der Waals surface area (Å²) in [5.41, 5.74) is 1.17. The third kappa shape index (κ3) is 0.105. The summed E-state index contributed by atoms with van der Waals surface area (Å²) in [7, 11) is 0. The second kappa shape index (κ2) is 0.341. The van der Waals surface area contributed by atoms with Crippen LogP contribution in [0.15, 0.2) is 0 Å². The number of hydrogen-bond acceptors (Lipinski definition) is 0. The van der Waals surface area contributed by atoms with Crippen LogP contribution >= 0.6 is 0 Å². The van der Waals surface area contributed by atoms with E-state index in [1.54, 1.807) is 0 Å². The molecule has 1 fully saturated rings. The molecule has 1 rings (SSSR count). The van der Waals surface area contributed by atoms with E-state index < -0.39 is 0 Å². The lowest BCUT2D eigenvalue weighted by atomic mass is 10.9. The molecule has 0 heterocycles. The second-order valence-corrected chi connectivity index (χ2v) is 1.16. The Hall–Kier alpha value is -0.330. The fourth-order valence-corrected chi connectivity index (χ4v) is 0.0722. The van der Waals surface area contributed by atoms with E-state index in [0.29, 0.717) is 0 Å². The maximum Gasteiger partial charge on any atom is 0.150 e. The van der Waals surface area contributed by atoms with Crippen LogP contribution in [0.3, 0.4) is 0 Å².